The predicted octanol–water partition coefficient (Wildman–Crippen LogP) is 2.01. The summed E-state index contributed by atoms with van der Waals surface area (Å²) in [6, 6.07) is 4.69. The van der Waals surface area contributed by atoms with Crippen LogP contribution >= 0.6 is 0 Å². The number of hydrogen-bond acceptors (Lipinski definition) is 5. The normalized spacial score (nSPS) is 13.0. The van der Waals surface area contributed by atoms with Gasteiger partial charge in [-0.1, -0.05) is 20.3 Å². The lowest BCUT2D eigenvalue weighted by molar-refractivity contribution is -0.384. The van der Waals surface area contributed by atoms with Gasteiger partial charge in [0, 0.05) is 18.3 Å². The molecule has 2 atom stereocenters. The Morgan fingerprint density at radius 3 is 2.52 bits per heavy atom. The van der Waals surface area contributed by atoms with Crippen molar-refractivity contribution < 1.29 is 19.6 Å². The zero-order valence-corrected chi connectivity index (χ0v) is 13.7. The van der Waals surface area contributed by atoms with Gasteiger partial charge in [-0.25, -0.2) is 9.48 Å². The number of benzene rings is 1. The quantitative estimate of drug-likeness (QED) is 0.583. The van der Waals surface area contributed by atoms with E-state index in [2.05, 4.69) is 10.4 Å². The average molecular weight is 346 g/mol. The summed E-state index contributed by atoms with van der Waals surface area (Å²) in [6.45, 7) is 3.60. The Morgan fingerprint density at radius 1 is 1.36 bits per heavy atom. The molecule has 0 aliphatic carbocycles. The summed E-state index contributed by atoms with van der Waals surface area (Å²) < 4.78 is 1.39. The molecule has 0 fully saturated rings. The van der Waals surface area contributed by atoms with E-state index < -0.39 is 22.8 Å². The molecule has 0 bridgehead atoms. The monoisotopic (exact) mass is 346 g/mol. The molecule has 0 saturated heterocycles. The number of carbonyl (C=O) groups is 2. The Kier molecular flexibility index (Phi) is 5.48. The van der Waals surface area contributed by atoms with Gasteiger partial charge in [0.05, 0.1) is 22.4 Å². The van der Waals surface area contributed by atoms with Crippen molar-refractivity contribution in [1.29, 1.82) is 0 Å². The van der Waals surface area contributed by atoms with Gasteiger partial charge >= 0.3 is 5.97 Å². The molecule has 25 heavy (non-hydrogen) atoms. The summed E-state index contributed by atoms with van der Waals surface area (Å²) in [6.07, 6.45) is 3.36. The van der Waals surface area contributed by atoms with E-state index in [4.69, 9.17) is 0 Å². The minimum atomic E-state index is -1.09. The Labute approximate surface area is 143 Å². The summed E-state index contributed by atoms with van der Waals surface area (Å²) in [7, 11) is 0. The van der Waals surface area contributed by atoms with E-state index in [9.17, 15) is 24.8 Å². The van der Waals surface area contributed by atoms with Crippen LogP contribution in [0.3, 0.4) is 0 Å². The van der Waals surface area contributed by atoms with Crippen molar-refractivity contribution >= 4 is 17.6 Å². The third-order valence-electron chi connectivity index (χ3n) is 3.94. The fourth-order valence-corrected chi connectivity index (χ4v) is 2.22. The molecule has 2 rings (SSSR count). The van der Waals surface area contributed by atoms with E-state index >= 15 is 0 Å². The number of nitrogens with zero attached hydrogens (tertiary/aromatic N) is 3. The standard InChI is InChI=1S/C16H18N4O5/c1-3-10(2)14(16(22)23)18-15(21)11-8-17-19(9-11)12-4-6-13(7-5-12)20(24)25/h4-10,14H,3H2,1-2H3,(H,18,21)(H,22,23). The Bertz CT molecular complexity index is 784. The van der Waals surface area contributed by atoms with E-state index in [0.29, 0.717) is 12.1 Å². The SMILES string of the molecule is CCC(C)C(NC(=O)c1cnn(-c2ccc([N+](=O)[O-])cc2)c1)C(=O)O. The Hall–Kier alpha value is -3.23. The van der Waals surface area contributed by atoms with E-state index in [-0.39, 0.29) is 17.2 Å². The van der Waals surface area contributed by atoms with E-state index in [0.717, 1.165) is 0 Å². The smallest absolute Gasteiger partial charge is 0.326 e. The maximum Gasteiger partial charge on any atom is 0.326 e. The molecular weight excluding hydrogens is 328 g/mol. The summed E-state index contributed by atoms with van der Waals surface area (Å²) >= 11 is 0. The molecule has 0 radical (unpaired) electrons. The fourth-order valence-electron chi connectivity index (χ4n) is 2.22. The van der Waals surface area contributed by atoms with Crippen LogP contribution in [-0.4, -0.2) is 37.7 Å². The number of rotatable bonds is 7. The van der Waals surface area contributed by atoms with E-state index in [1.807, 2.05) is 6.92 Å². The lowest BCUT2D eigenvalue weighted by Crippen LogP contribution is -2.44. The van der Waals surface area contributed by atoms with Crippen LogP contribution in [-0.2, 0) is 4.79 Å². The van der Waals surface area contributed by atoms with Crippen LogP contribution in [0.2, 0.25) is 0 Å². The Balaban J connectivity index is 2.15. The topological polar surface area (TPSA) is 127 Å². The van der Waals surface area contributed by atoms with Crippen LogP contribution in [0, 0.1) is 16.0 Å². The number of nitro groups is 1. The summed E-state index contributed by atoms with van der Waals surface area (Å²) in [5.74, 6) is -1.85. The zero-order valence-electron chi connectivity index (χ0n) is 13.7. The highest BCUT2D eigenvalue weighted by molar-refractivity contribution is 5.96. The lowest BCUT2D eigenvalue weighted by atomic mass is 9.99. The first-order chi connectivity index (χ1) is 11.8. The molecule has 1 amide bonds. The molecule has 0 saturated carbocycles. The molecule has 2 N–H and O–H groups in total. The number of carboxylic acids is 1. The first-order valence-corrected chi connectivity index (χ1v) is 7.66. The molecule has 2 aromatic rings. The summed E-state index contributed by atoms with van der Waals surface area (Å²) in [5, 5.41) is 26.4. The highest BCUT2D eigenvalue weighted by Crippen LogP contribution is 2.15. The van der Waals surface area contributed by atoms with E-state index in [1.165, 1.54) is 41.3 Å². The van der Waals surface area contributed by atoms with Crippen LogP contribution in [0.15, 0.2) is 36.7 Å². The Morgan fingerprint density at radius 2 is 2.00 bits per heavy atom. The van der Waals surface area contributed by atoms with Crippen molar-refractivity contribution in [2.45, 2.75) is 26.3 Å². The number of carboxylic acid groups (broad SMARTS) is 1. The van der Waals surface area contributed by atoms with Gasteiger partial charge in [-0.15, -0.1) is 0 Å². The highest BCUT2D eigenvalue weighted by Gasteiger charge is 2.26. The third-order valence-corrected chi connectivity index (χ3v) is 3.94. The van der Waals surface area contributed by atoms with Crippen LogP contribution in [0.5, 0.6) is 0 Å². The van der Waals surface area contributed by atoms with Gasteiger partial charge in [0.15, 0.2) is 0 Å². The minimum Gasteiger partial charge on any atom is -0.480 e. The molecule has 132 valence electrons. The van der Waals surface area contributed by atoms with Gasteiger partial charge in [-0.2, -0.15) is 5.10 Å². The first-order valence-electron chi connectivity index (χ1n) is 7.66. The molecule has 1 aromatic heterocycles. The van der Waals surface area contributed by atoms with Crippen molar-refractivity contribution in [1.82, 2.24) is 15.1 Å². The second kappa shape index (κ2) is 7.56. The van der Waals surface area contributed by atoms with Crippen molar-refractivity contribution in [2.24, 2.45) is 5.92 Å². The molecule has 1 aromatic carbocycles. The van der Waals surface area contributed by atoms with Crippen molar-refractivity contribution in [3.8, 4) is 5.69 Å². The summed E-state index contributed by atoms with van der Waals surface area (Å²) in [5.41, 5.74) is 0.695. The number of amides is 1. The zero-order chi connectivity index (χ0) is 18.6. The molecule has 9 heteroatoms. The van der Waals surface area contributed by atoms with Crippen LogP contribution in [0.4, 0.5) is 5.69 Å². The van der Waals surface area contributed by atoms with Gasteiger partial charge in [0.25, 0.3) is 11.6 Å². The number of nitro benzene ring substituents is 1. The number of non-ortho nitro benzene ring substituents is 1. The van der Waals surface area contributed by atoms with Crippen molar-refractivity contribution in [3.05, 3.63) is 52.3 Å². The highest BCUT2D eigenvalue weighted by atomic mass is 16.6. The third kappa shape index (κ3) is 4.19. The average Bonchev–Trinajstić information content (AvgIpc) is 3.08. The summed E-state index contributed by atoms with van der Waals surface area (Å²) in [4.78, 5) is 33.7. The maximum atomic E-state index is 12.3. The van der Waals surface area contributed by atoms with Gasteiger partial charge in [0.1, 0.15) is 6.04 Å². The number of aliphatic carboxylic acids is 1. The molecule has 0 aliphatic rings. The molecule has 2 unspecified atom stereocenters. The molecule has 0 spiro atoms. The number of nitrogens with one attached hydrogen (secondary N) is 1. The maximum absolute atomic E-state index is 12.3. The minimum absolute atomic E-state index is 0.0493. The first kappa shape index (κ1) is 18.1. The van der Waals surface area contributed by atoms with Crippen LogP contribution < -0.4 is 5.32 Å². The number of hydrogen-bond donors (Lipinski definition) is 2. The fraction of sp³-hybridized carbons (Fsp3) is 0.312. The molecule has 1 heterocycles. The lowest BCUT2D eigenvalue weighted by Gasteiger charge is -2.19. The van der Waals surface area contributed by atoms with Crippen molar-refractivity contribution in [2.75, 3.05) is 0 Å². The van der Waals surface area contributed by atoms with Crippen LogP contribution in [0.1, 0.15) is 30.6 Å². The molecule has 0 aliphatic heterocycles. The van der Waals surface area contributed by atoms with Gasteiger partial charge in [0.2, 0.25) is 0 Å². The van der Waals surface area contributed by atoms with Gasteiger partial charge in [-0.05, 0) is 18.1 Å². The van der Waals surface area contributed by atoms with Gasteiger partial charge < -0.3 is 10.4 Å². The largest absolute Gasteiger partial charge is 0.480 e. The van der Waals surface area contributed by atoms with Crippen molar-refractivity contribution in [3.63, 3.8) is 0 Å². The molecule has 9 nitrogen and oxygen atoms in total. The predicted molar refractivity (Wildman–Crippen MR) is 88.6 cm³/mol. The van der Waals surface area contributed by atoms with Gasteiger partial charge in [-0.3, -0.25) is 14.9 Å². The van der Waals surface area contributed by atoms with E-state index in [1.54, 1.807) is 6.92 Å². The second-order valence-electron chi connectivity index (χ2n) is 5.62. The second-order valence-corrected chi connectivity index (χ2v) is 5.62. The molecular formula is C16H18N4O5. The number of aromatic nitrogens is 2. The van der Waals surface area contributed by atoms with Crippen LogP contribution in [0.25, 0.3) is 5.69 Å². The number of carbonyl (C=O) groups excluding carboxylic acids is 1.